The zero-order chi connectivity index (χ0) is 15.6. The molecule has 1 heterocycles. The molecule has 0 amide bonds. The minimum Gasteiger partial charge on any atom is -0.389 e. The minimum absolute atomic E-state index is 0.0624. The fraction of sp³-hybridized carbons (Fsp3) is 0.500. The maximum atomic E-state index is 14.1. The standard InChI is InChI=1S/C14H18F2N2O2S/c1-18(8-14(19)4-6-20-7-5-14)10-3-2-9(13(17)21)11(15)12(10)16/h2-3,19H,4-8H2,1H3,(H2,17,21). The van der Waals surface area contributed by atoms with Crippen LogP contribution in [0.3, 0.4) is 0 Å². The predicted molar refractivity (Wildman–Crippen MR) is 80.5 cm³/mol. The fourth-order valence-electron chi connectivity index (χ4n) is 2.46. The van der Waals surface area contributed by atoms with E-state index in [1.807, 2.05) is 0 Å². The van der Waals surface area contributed by atoms with Crippen molar-refractivity contribution < 1.29 is 18.6 Å². The third kappa shape index (κ3) is 3.48. The van der Waals surface area contributed by atoms with E-state index in [0.717, 1.165) is 0 Å². The van der Waals surface area contributed by atoms with E-state index in [1.165, 1.54) is 17.0 Å². The summed E-state index contributed by atoms with van der Waals surface area (Å²) in [5.74, 6) is -2.08. The molecule has 7 heteroatoms. The minimum atomic E-state index is -1.06. The number of benzene rings is 1. The molecule has 1 aliphatic heterocycles. The van der Waals surface area contributed by atoms with Gasteiger partial charge in [-0.15, -0.1) is 0 Å². The molecule has 1 fully saturated rings. The van der Waals surface area contributed by atoms with Crippen LogP contribution in [0.2, 0.25) is 0 Å². The summed E-state index contributed by atoms with van der Waals surface area (Å²) in [6.07, 6.45) is 0.929. The Morgan fingerprint density at radius 1 is 1.38 bits per heavy atom. The molecule has 4 nitrogen and oxygen atoms in total. The third-order valence-electron chi connectivity index (χ3n) is 3.69. The molecule has 0 unspecified atom stereocenters. The Morgan fingerprint density at radius 3 is 2.57 bits per heavy atom. The molecule has 1 aliphatic rings. The van der Waals surface area contributed by atoms with E-state index in [9.17, 15) is 13.9 Å². The smallest absolute Gasteiger partial charge is 0.182 e. The molecule has 1 aromatic rings. The van der Waals surface area contributed by atoms with E-state index in [2.05, 4.69) is 12.2 Å². The maximum Gasteiger partial charge on any atom is 0.182 e. The molecule has 0 radical (unpaired) electrons. The number of hydrogen-bond acceptors (Lipinski definition) is 4. The van der Waals surface area contributed by atoms with Gasteiger partial charge in [0, 0.05) is 45.2 Å². The van der Waals surface area contributed by atoms with Gasteiger partial charge in [-0.2, -0.15) is 0 Å². The second-order valence-electron chi connectivity index (χ2n) is 5.32. The molecule has 21 heavy (non-hydrogen) atoms. The number of likely N-dealkylation sites (N-methyl/N-ethyl adjacent to an activating group) is 1. The zero-order valence-corrected chi connectivity index (χ0v) is 12.6. The first kappa shape index (κ1) is 16.1. The molecule has 0 atom stereocenters. The summed E-state index contributed by atoms with van der Waals surface area (Å²) in [5, 5.41) is 10.4. The number of rotatable bonds is 4. The molecule has 1 saturated heterocycles. The Bertz CT molecular complexity index is 548. The predicted octanol–water partition coefficient (Wildman–Crippen LogP) is 1.58. The number of ether oxygens (including phenoxy) is 1. The lowest BCUT2D eigenvalue weighted by molar-refractivity contribution is -0.0573. The quantitative estimate of drug-likeness (QED) is 0.826. The molecule has 0 saturated carbocycles. The number of halogens is 2. The van der Waals surface area contributed by atoms with Gasteiger partial charge in [0.1, 0.15) is 4.99 Å². The summed E-state index contributed by atoms with van der Waals surface area (Å²) in [6, 6.07) is 2.76. The van der Waals surface area contributed by atoms with Crippen LogP contribution in [-0.4, -0.2) is 42.5 Å². The summed E-state index contributed by atoms with van der Waals surface area (Å²) < 4.78 is 33.2. The number of hydrogen-bond donors (Lipinski definition) is 2. The van der Waals surface area contributed by atoms with Gasteiger partial charge < -0.3 is 20.5 Å². The maximum absolute atomic E-state index is 14.1. The fourth-order valence-corrected chi connectivity index (χ4v) is 2.62. The second kappa shape index (κ2) is 6.21. The first-order chi connectivity index (χ1) is 9.84. The summed E-state index contributed by atoms with van der Waals surface area (Å²) in [4.78, 5) is 1.30. The van der Waals surface area contributed by atoms with E-state index in [0.29, 0.717) is 26.1 Å². The first-order valence-corrected chi connectivity index (χ1v) is 7.04. The Labute approximate surface area is 127 Å². The van der Waals surface area contributed by atoms with Gasteiger partial charge in [-0.05, 0) is 12.1 Å². The van der Waals surface area contributed by atoms with Crippen LogP contribution in [0, 0.1) is 11.6 Å². The van der Waals surface area contributed by atoms with Crippen molar-refractivity contribution in [1.82, 2.24) is 0 Å². The summed E-state index contributed by atoms with van der Waals surface area (Å²) in [7, 11) is 1.60. The lowest BCUT2D eigenvalue weighted by Gasteiger charge is -2.36. The molecule has 0 aliphatic carbocycles. The molecule has 3 N–H and O–H groups in total. The van der Waals surface area contributed by atoms with Crippen molar-refractivity contribution in [2.24, 2.45) is 5.73 Å². The SMILES string of the molecule is CN(CC1(O)CCOCC1)c1ccc(C(N)=S)c(F)c1F. The summed E-state index contributed by atoms with van der Waals surface area (Å²) >= 11 is 4.67. The van der Waals surface area contributed by atoms with Gasteiger partial charge in [-0.1, -0.05) is 12.2 Å². The van der Waals surface area contributed by atoms with Gasteiger partial charge in [0.05, 0.1) is 11.3 Å². The molecule has 0 bridgehead atoms. The zero-order valence-electron chi connectivity index (χ0n) is 11.7. The van der Waals surface area contributed by atoms with Crippen LogP contribution in [0.1, 0.15) is 18.4 Å². The van der Waals surface area contributed by atoms with Crippen molar-refractivity contribution in [1.29, 1.82) is 0 Å². The highest BCUT2D eigenvalue weighted by Crippen LogP contribution is 2.27. The highest BCUT2D eigenvalue weighted by atomic mass is 32.1. The van der Waals surface area contributed by atoms with Crippen LogP contribution in [0.4, 0.5) is 14.5 Å². The highest BCUT2D eigenvalue weighted by Gasteiger charge is 2.32. The van der Waals surface area contributed by atoms with Crippen LogP contribution in [0.5, 0.6) is 0 Å². The van der Waals surface area contributed by atoms with Crippen LogP contribution < -0.4 is 10.6 Å². The second-order valence-corrected chi connectivity index (χ2v) is 5.76. The van der Waals surface area contributed by atoms with Gasteiger partial charge >= 0.3 is 0 Å². The summed E-state index contributed by atoms with van der Waals surface area (Å²) in [6.45, 7) is 1.11. The van der Waals surface area contributed by atoms with Gasteiger partial charge in [-0.3, -0.25) is 0 Å². The summed E-state index contributed by atoms with van der Waals surface area (Å²) in [5.41, 5.74) is 4.32. The van der Waals surface area contributed by atoms with E-state index in [4.69, 9.17) is 10.5 Å². The van der Waals surface area contributed by atoms with E-state index in [-0.39, 0.29) is 22.8 Å². The van der Waals surface area contributed by atoms with Crippen molar-refractivity contribution in [3.63, 3.8) is 0 Å². The number of nitrogens with zero attached hydrogens (tertiary/aromatic N) is 1. The monoisotopic (exact) mass is 316 g/mol. The highest BCUT2D eigenvalue weighted by molar-refractivity contribution is 7.80. The molecule has 2 rings (SSSR count). The van der Waals surface area contributed by atoms with Crippen LogP contribution in [0.15, 0.2) is 12.1 Å². The molecular formula is C14H18F2N2O2S. The lowest BCUT2D eigenvalue weighted by Crippen LogP contribution is -2.46. The van der Waals surface area contributed by atoms with Gasteiger partial charge in [0.15, 0.2) is 11.6 Å². The average Bonchev–Trinajstić information content (AvgIpc) is 2.41. The van der Waals surface area contributed by atoms with E-state index < -0.39 is 17.2 Å². The van der Waals surface area contributed by atoms with Crippen molar-refractivity contribution in [3.8, 4) is 0 Å². The van der Waals surface area contributed by atoms with Crippen LogP contribution in [-0.2, 0) is 4.74 Å². The van der Waals surface area contributed by atoms with Crippen molar-refractivity contribution in [2.45, 2.75) is 18.4 Å². The normalized spacial score (nSPS) is 17.5. The van der Waals surface area contributed by atoms with Crippen LogP contribution in [0.25, 0.3) is 0 Å². The molecular weight excluding hydrogens is 298 g/mol. The number of anilines is 1. The van der Waals surface area contributed by atoms with Crippen molar-refractivity contribution in [2.75, 3.05) is 31.7 Å². The molecule has 0 spiro atoms. The van der Waals surface area contributed by atoms with Gasteiger partial charge in [0.25, 0.3) is 0 Å². The third-order valence-corrected chi connectivity index (χ3v) is 3.91. The number of thiocarbonyl (C=S) groups is 1. The first-order valence-electron chi connectivity index (χ1n) is 6.63. The van der Waals surface area contributed by atoms with Gasteiger partial charge in [-0.25, -0.2) is 8.78 Å². The Kier molecular flexibility index (Phi) is 4.75. The molecule has 1 aromatic carbocycles. The largest absolute Gasteiger partial charge is 0.389 e. The lowest BCUT2D eigenvalue weighted by atomic mass is 9.93. The topological polar surface area (TPSA) is 58.7 Å². The van der Waals surface area contributed by atoms with Crippen molar-refractivity contribution >= 4 is 22.9 Å². The van der Waals surface area contributed by atoms with E-state index >= 15 is 0 Å². The number of aliphatic hydroxyl groups is 1. The molecule has 116 valence electrons. The van der Waals surface area contributed by atoms with Crippen molar-refractivity contribution in [3.05, 3.63) is 29.3 Å². The molecule has 0 aromatic heterocycles. The Balaban J connectivity index is 2.21. The number of nitrogens with two attached hydrogens (primary N) is 1. The van der Waals surface area contributed by atoms with E-state index in [1.54, 1.807) is 7.05 Å². The Morgan fingerprint density at radius 2 is 2.00 bits per heavy atom. The van der Waals surface area contributed by atoms with Gasteiger partial charge in [0.2, 0.25) is 0 Å². The van der Waals surface area contributed by atoms with Crippen LogP contribution >= 0.6 is 12.2 Å². The average molecular weight is 316 g/mol. The Hall–Kier alpha value is -1.31.